The zero-order valence-electron chi connectivity index (χ0n) is 72.6. The van der Waals surface area contributed by atoms with Crippen LogP contribution in [0.5, 0.6) is 0 Å². The Morgan fingerprint density at radius 3 is 1.21 bits per heavy atom. The van der Waals surface area contributed by atoms with Crippen LogP contribution in [0.25, 0.3) is 0 Å². The third-order valence-electron chi connectivity index (χ3n) is 18.4. The topological polar surface area (TPSA) is 390 Å². The zero-order chi connectivity index (χ0) is 89.4. The van der Waals surface area contributed by atoms with E-state index in [1.165, 1.54) is 19.1 Å². The van der Waals surface area contributed by atoms with Crippen LogP contribution < -0.4 is 38.5 Å². The number of hydrogen-bond acceptors (Lipinski definition) is 23. The van der Waals surface area contributed by atoms with Gasteiger partial charge in [0.2, 0.25) is 28.9 Å². The summed E-state index contributed by atoms with van der Waals surface area (Å²) < 4.78 is 23.5. The fourth-order valence-electron chi connectivity index (χ4n) is 11.4. The van der Waals surface area contributed by atoms with E-state index in [2.05, 4.69) is 51.5 Å². The number of ether oxygens (including phenoxy) is 5. The van der Waals surface area contributed by atoms with Gasteiger partial charge in [-0.3, -0.25) is 58.1 Å². The number of amides is 5. The molecule has 0 radical (unpaired) electrons. The predicted octanol–water partition coefficient (Wildman–Crippen LogP) is 10.1. The molecule has 0 aliphatic carbocycles. The molecule has 5 aromatic carbocycles. The monoisotopic (exact) mass is 1660 g/mol. The lowest BCUT2D eigenvalue weighted by molar-refractivity contribution is -0.154. The molecule has 0 saturated carbocycles. The number of nitrogens with one attached hydrogen (secondary N) is 4. The van der Waals surface area contributed by atoms with Crippen molar-refractivity contribution < 1.29 is 81.2 Å². The first-order chi connectivity index (χ1) is 55.2. The summed E-state index contributed by atoms with van der Waals surface area (Å²) in [5, 5.41) is 11.7. The molecule has 0 bridgehead atoms. The van der Waals surface area contributed by atoms with E-state index in [9.17, 15) is 57.5 Å². The summed E-state index contributed by atoms with van der Waals surface area (Å²) in [6.07, 6.45) is 3.67. The van der Waals surface area contributed by atoms with Gasteiger partial charge in [0.05, 0.1) is 56.0 Å². The number of nitrogens with zero attached hydrogens (tertiary/aromatic N) is 4. The lowest BCUT2D eigenvalue weighted by Crippen LogP contribution is -2.46. The third-order valence-corrected chi connectivity index (χ3v) is 18.6. The number of methoxy groups -OCH3 is 2. The number of ketones is 2. The average Bonchev–Trinajstić information content (AvgIpc) is 1.61. The largest absolute Gasteiger partial charge is 0.468 e. The van der Waals surface area contributed by atoms with Crippen LogP contribution in [0.1, 0.15) is 172 Å². The normalized spacial score (nSPS) is 15.8. The van der Waals surface area contributed by atoms with Crippen LogP contribution in [0.2, 0.25) is 0 Å². The van der Waals surface area contributed by atoms with E-state index in [-0.39, 0.29) is 61.1 Å². The van der Waals surface area contributed by atoms with E-state index in [0.29, 0.717) is 58.9 Å². The highest BCUT2D eigenvalue weighted by atomic mass is 35.5. The van der Waals surface area contributed by atoms with Crippen LogP contribution in [0, 0.1) is 5.92 Å². The van der Waals surface area contributed by atoms with Gasteiger partial charge in [0.1, 0.15) is 23.1 Å². The van der Waals surface area contributed by atoms with E-state index in [4.69, 9.17) is 43.0 Å². The number of rotatable bonds is 26. The van der Waals surface area contributed by atoms with Crippen LogP contribution in [0.15, 0.2) is 175 Å². The Bertz CT molecular complexity index is 4110. The van der Waals surface area contributed by atoms with E-state index >= 15 is 0 Å². The van der Waals surface area contributed by atoms with Gasteiger partial charge in [-0.25, -0.2) is 4.79 Å². The molecule has 2 fully saturated rings. The second-order valence-corrected chi connectivity index (χ2v) is 32.0. The molecule has 5 aromatic rings. The highest BCUT2D eigenvalue weighted by Crippen LogP contribution is 2.35. The first-order valence-electron chi connectivity index (χ1n) is 39.2. The number of benzene rings is 5. The van der Waals surface area contributed by atoms with Gasteiger partial charge >= 0.3 is 30.0 Å². The molecule has 4 aliphatic rings. The average molecular weight is 1660 g/mol. The lowest BCUT2D eigenvalue weighted by Gasteiger charge is -2.35. The minimum Gasteiger partial charge on any atom is -0.468 e. The number of carbonyl (C=O) groups is 12. The van der Waals surface area contributed by atoms with Crippen LogP contribution in [-0.2, 0) is 109 Å². The van der Waals surface area contributed by atoms with E-state index in [1.807, 2.05) is 224 Å². The fraction of sp³-hybridized carbons (Fsp3) is 0.483. The SMILES string of the molecule is CC(C)(C)OC(=O)NCCNC1=CC(=O)N(Cc2ccccc2)C1(C)C.CC1(C)C(=O)CC(=O)N1Cc1ccccc1.CC1(C)C(NCCN)=CC(=O)N1Cc1ccccc1.CCCN.CCOC(=O)C1C(=O)N(Cc2ccccc2)C(C)(C)C1=O.CCOC(=O)CC(=O)Cl.COC(=O)C(C)(C)N.COC(=O)C(C)(C)NCc1ccccc1. The molecule has 10 N–H and O–H groups in total. The van der Waals surface area contributed by atoms with Gasteiger partial charge in [0.25, 0.3) is 0 Å². The number of alkyl carbamates (subject to hydrolysis) is 1. The Balaban J connectivity index is 0.000000475. The van der Waals surface area contributed by atoms with E-state index in [0.717, 1.165) is 52.2 Å². The summed E-state index contributed by atoms with van der Waals surface area (Å²) in [5.41, 5.74) is 18.5. The van der Waals surface area contributed by atoms with Crippen LogP contribution in [0.3, 0.4) is 0 Å². The molecular formula is C89H128ClN11O17. The smallest absolute Gasteiger partial charge is 0.407 e. The maximum Gasteiger partial charge on any atom is 0.407 e. The van der Waals surface area contributed by atoms with Gasteiger partial charge in [0.15, 0.2) is 17.5 Å². The summed E-state index contributed by atoms with van der Waals surface area (Å²) >= 11 is 4.87. The van der Waals surface area contributed by atoms with Crippen molar-refractivity contribution in [3.05, 3.63) is 203 Å². The molecular weight excluding hydrogens is 1530 g/mol. The first kappa shape index (κ1) is 103. The number of likely N-dealkylation sites (tertiary alicyclic amines) is 2. The van der Waals surface area contributed by atoms with Crippen molar-refractivity contribution in [3.8, 4) is 0 Å². The molecule has 4 aliphatic heterocycles. The van der Waals surface area contributed by atoms with Gasteiger partial charge in [-0.05, 0) is 170 Å². The number of Topliss-reactive ketones (excluding diaryl/α,β-unsaturated/α-hetero) is 2. The van der Waals surface area contributed by atoms with Gasteiger partial charge in [-0.1, -0.05) is 159 Å². The molecule has 1 atom stereocenters. The maximum atomic E-state index is 12.5. The zero-order valence-corrected chi connectivity index (χ0v) is 73.4. The van der Waals surface area contributed by atoms with Gasteiger partial charge in [0, 0.05) is 82.4 Å². The van der Waals surface area contributed by atoms with Crippen molar-refractivity contribution in [1.29, 1.82) is 0 Å². The first-order valence-corrected chi connectivity index (χ1v) is 39.6. The van der Waals surface area contributed by atoms with Crippen molar-refractivity contribution in [2.75, 3.05) is 60.2 Å². The Labute approximate surface area is 702 Å². The second-order valence-electron chi connectivity index (χ2n) is 31.6. The van der Waals surface area contributed by atoms with Crippen molar-refractivity contribution in [2.24, 2.45) is 23.1 Å². The fourth-order valence-corrected chi connectivity index (χ4v) is 11.5. The third kappa shape index (κ3) is 34.5. The number of hydrogen-bond donors (Lipinski definition) is 7. The van der Waals surface area contributed by atoms with Crippen molar-refractivity contribution >= 4 is 82.0 Å². The number of esters is 4. The number of halogens is 1. The van der Waals surface area contributed by atoms with Crippen molar-refractivity contribution in [3.63, 3.8) is 0 Å². The molecule has 0 spiro atoms. The number of nitrogens with two attached hydrogens (primary N) is 3. The van der Waals surface area contributed by atoms with E-state index in [1.54, 1.807) is 58.6 Å². The Hall–Kier alpha value is -10.7. The van der Waals surface area contributed by atoms with E-state index < -0.39 is 80.1 Å². The van der Waals surface area contributed by atoms with Gasteiger partial charge in [-0.15, -0.1) is 0 Å². The lowest BCUT2D eigenvalue weighted by atomic mass is 9.94. The molecule has 648 valence electrons. The quantitative estimate of drug-likeness (QED) is 0.00889. The van der Waals surface area contributed by atoms with Crippen LogP contribution in [0.4, 0.5) is 4.79 Å². The highest BCUT2D eigenvalue weighted by Gasteiger charge is 2.56. The van der Waals surface area contributed by atoms with Crippen molar-refractivity contribution in [1.82, 2.24) is 40.9 Å². The Morgan fingerprint density at radius 1 is 0.500 bits per heavy atom. The molecule has 9 rings (SSSR count). The van der Waals surface area contributed by atoms with Crippen LogP contribution in [-0.4, -0.2) is 189 Å². The molecule has 29 heteroatoms. The predicted molar refractivity (Wildman–Crippen MR) is 456 cm³/mol. The number of carbonyl (C=O) groups excluding carboxylic acids is 12. The summed E-state index contributed by atoms with van der Waals surface area (Å²) in [6, 6.07) is 49.0. The second kappa shape index (κ2) is 49.5. The van der Waals surface area contributed by atoms with Gasteiger partial charge in [-0.2, -0.15) is 0 Å². The molecule has 5 amide bonds. The summed E-state index contributed by atoms with van der Waals surface area (Å²) in [6.45, 7) is 38.8. The molecule has 118 heavy (non-hydrogen) atoms. The summed E-state index contributed by atoms with van der Waals surface area (Å²) in [7, 11) is 2.71. The minimum absolute atomic E-state index is 0.00781. The standard InChI is InChI=1S/C20H29N3O3.C16H19NO4.C15H21N3O.C13H15NO2.C12H17NO2.C5H7ClO3.C5H11NO2.C3H9N/c1-19(2,3)26-18(25)22-12-11-21-16-13-17(24)23(20(16,4)5)14-15-9-7-6-8-10-15;1-4-21-15(20)12-13(18)16(2,3)17(14(12)19)10-11-8-6-5-7-9-11;1-15(2)13(17-9-8-16)10-14(19)18(15)11-12-6-4-3-5-7-12;1-13(2)11(15)8-12(16)14(13)9-10-6-4-3-5-7-10;1-12(2,11(14)15-3)13-9-10-7-5-4-6-8-10;1-2-9-5(8)3-4(6)7;1-5(2,6)4(7)8-3;1-2-3-4/h6-10,13,21H,11-12,14H2,1-5H3,(H,22,25);5-9,12H,4,10H2,1-3H3;3-7,10,17H,8-9,11,16H2,1-2H3;3-7H,8-9H2,1-2H3;4-8,13H,9H2,1-3H3;2-3H2,1H3;6H2,1-3H3;2-4H2,1H3. The molecule has 0 aromatic heterocycles. The molecule has 2 saturated heterocycles. The summed E-state index contributed by atoms with van der Waals surface area (Å²) in [5.74, 6) is -4.20. The highest BCUT2D eigenvalue weighted by molar-refractivity contribution is 6.64. The van der Waals surface area contributed by atoms with Crippen LogP contribution >= 0.6 is 11.6 Å². The minimum atomic E-state index is -1.33. The van der Waals surface area contributed by atoms with Crippen molar-refractivity contribution in [2.45, 2.75) is 215 Å². The molecule has 28 nitrogen and oxygen atoms in total. The maximum absolute atomic E-state index is 12.5. The Kier molecular flexibility index (Phi) is 43.4. The Morgan fingerprint density at radius 2 is 0.881 bits per heavy atom. The summed E-state index contributed by atoms with van der Waals surface area (Å²) in [4.78, 5) is 145. The molecule has 1 unspecified atom stereocenters. The molecule has 4 heterocycles. The van der Waals surface area contributed by atoms with Gasteiger partial charge < -0.3 is 76.4 Å².